The van der Waals surface area contributed by atoms with Gasteiger partial charge in [0.25, 0.3) is 0 Å². The van der Waals surface area contributed by atoms with Crippen LogP contribution in [0.5, 0.6) is 0 Å². The number of hydrogen-bond acceptors (Lipinski definition) is 0. The molecule has 0 aromatic rings. The minimum atomic E-state index is 0.771. The Morgan fingerprint density at radius 1 is 1.15 bits per heavy atom. The molecule has 2 aliphatic rings. The maximum absolute atomic E-state index is 2.47. The van der Waals surface area contributed by atoms with Gasteiger partial charge in [0.1, 0.15) is 0 Å². The Morgan fingerprint density at radius 3 is 2.54 bits per heavy atom. The lowest BCUT2D eigenvalue weighted by Crippen LogP contribution is -2.10. The van der Waals surface area contributed by atoms with Crippen LogP contribution in [-0.4, -0.2) is 0 Å². The molecule has 72 valence electrons. The molecule has 0 heterocycles. The van der Waals surface area contributed by atoms with Crippen LogP contribution in [0.4, 0.5) is 0 Å². The molecular weight excluding hydrogens is 156 g/mol. The second-order valence-electron chi connectivity index (χ2n) is 4.61. The predicted octanol–water partition coefficient (Wildman–Crippen LogP) is 4.09. The first-order chi connectivity index (χ1) is 6.36. The highest BCUT2D eigenvalue weighted by atomic mass is 14.2. The molecular formula is C13H20. The molecule has 0 radical (unpaired) electrons. The molecule has 1 fully saturated rings. The molecule has 0 nitrogen and oxygen atoms in total. The normalized spacial score (nSPS) is 30.2. The Morgan fingerprint density at radius 2 is 1.92 bits per heavy atom. The monoisotopic (exact) mass is 176 g/mol. The highest BCUT2D eigenvalue weighted by Crippen LogP contribution is 2.32. The van der Waals surface area contributed by atoms with Gasteiger partial charge in [-0.05, 0) is 36.7 Å². The first-order valence-electron chi connectivity index (χ1n) is 5.74. The molecule has 2 rings (SSSR count). The molecule has 0 saturated heterocycles. The van der Waals surface area contributed by atoms with Crippen LogP contribution < -0.4 is 0 Å². The summed E-state index contributed by atoms with van der Waals surface area (Å²) in [5, 5.41) is 0. The third-order valence-corrected chi connectivity index (χ3v) is 3.42. The van der Waals surface area contributed by atoms with E-state index in [0.717, 1.165) is 11.8 Å². The van der Waals surface area contributed by atoms with Gasteiger partial charge in [0.15, 0.2) is 0 Å². The number of rotatable bonds is 1. The van der Waals surface area contributed by atoms with Crippen LogP contribution in [-0.2, 0) is 0 Å². The maximum atomic E-state index is 2.47. The van der Waals surface area contributed by atoms with Gasteiger partial charge in [0.2, 0.25) is 0 Å². The Hall–Kier alpha value is -0.520. The third kappa shape index (κ3) is 2.24. The molecule has 0 N–H and O–H groups in total. The lowest BCUT2D eigenvalue weighted by molar-refractivity contribution is 0.405. The van der Waals surface area contributed by atoms with Crippen LogP contribution in [0.2, 0.25) is 0 Å². The summed E-state index contributed by atoms with van der Waals surface area (Å²) in [4.78, 5) is 0. The molecule has 1 atom stereocenters. The molecule has 13 heavy (non-hydrogen) atoms. The lowest BCUT2D eigenvalue weighted by atomic mass is 9.81. The van der Waals surface area contributed by atoms with Crippen LogP contribution >= 0.6 is 0 Å². The van der Waals surface area contributed by atoms with Crippen molar-refractivity contribution >= 4 is 0 Å². The Labute approximate surface area is 81.7 Å². The lowest BCUT2D eigenvalue weighted by Gasteiger charge is -2.25. The second kappa shape index (κ2) is 4.13. The van der Waals surface area contributed by atoms with Crippen molar-refractivity contribution in [1.82, 2.24) is 0 Å². The largest absolute Gasteiger partial charge is 0.0811 e. The van der Waals surface area contributed by atoms with Gasteiger partial charge >= 0.3 is 0 Å². The van der Waals surface area contributed by atoms with Crippen LogP contribution in [0.25, 0.3) is 0 Å². The Kier molecular flexibility index (Phi) is 2.87. The Bertz CT molecular complexity index is 216. The van der Waals surface area contributed by atoms with E-state index >= 15 is 0 Å². The summed E-state index contributed by atoms with van der Waals surface area (Å²) in [6, 6.07) is 0. The first-order valence-corrected chi connectivity index (χ1v) is 5.74. The summed E-state index contributed by atoms with van der Waals surface area (Å²) in [6.07, 6.45) is 15.7. The average molecular weight is 176 g/mol. The van der Waals surface area contributed by atoms with Gasteiger partial charge < -0.3 is 0 Å². The van der Waals surface area contributed by atoms with Crippen LogP contribution in [0.1, 0.15) is 45.4 Å². The quantitative estimate of drug-likeness (QED) is 0.564. The summed E-state index contributed by atoms with van der Waals surface area (Å²) in [6.45, 7) is 2.30. The molecule has 0 aromatic heterocycles. The van der Waals surface area contributed by atoms with E-state index in [2.05, 4.69) is 25.2 Å². The number of hydrogen-bond donors (Lipinski definition) is 0. The zero-order valence-corrected chi connectivity index (χ0v) is 8.63. The summed E-state index contributed by atoms with van der Waals surface area (Å²) >= 11 is 0. The minimum Gasteiger partial charge on any atom is -0.0811 e. The van der Waals surface area contributed by atoms with Crippen LogP contribution in [0.15, 0.2) is 23.8 Å². The molecule has 0 aromatic carbocycles. The second-order valence-corrected chi connectivity index (χ2v) is 4.61. The smallest absolute Gasteiger partial charge is 0.0165 e. The van der Waals surface area contributed by atoms with Gasteiger partial charge in [-0.25, -0.2) is 0 Å². The van der Waals surface area contributed by atoms with Gasteiger partial charge in [-0.3, -0.25) is 0 Å². The molecule has 2 aliphatic carbocycles. The maximum Gasteiger partial charge on any atom is -0.0165 e. The average Bonchev–Trinajstić information content (AvgIpc) is 2.20. The molecule has 0 heteroatoms. The highest BCUT2D eigenvalue weighted by Gasteiger charge is 2.17. The molecule has 0 bridgehead atoms. The van der Waals surface area contributed by atoms with Crippen molar-refractivity contribution < 1.29 is 0 Å². The van der Waals surface area contributed by atoms with E-state index in [1.165, 1.54) is 38.5 Å². The minimum absolute atomic E-state index is 0.771. The van der Waals surface area contributed by atoms with Crippen LogP contribution in [0, 0.1) is 11.8 Å². The molecule has 1 unspecified atom stereocenters. The van der Waals surface area contributed by atoms with E-state index in [1.807, 2.05) is 0 Å². The third-order valence-electron chi connectivity index (χ3n) is 3.42. The van der Waals surface area contributed by atoms with E-state index < -0.39 is 0 Å². The summed E-state index contributed by atoms with van der Waals surface area (Å²) in [5.41, 5.74) is 1.64. The fourth-order valence-corrected chi connectivity index (χ4v) is 2.48. The zero-order chi connectivity index (χ0) is 9.10. The van der Waals surface area contributed by atoms with Crippen molar-refractivity contribution in [3.8, 4) is 0 Å². The molecule has 0 amide bonds. The van der Waals surface area contributed by atoms with Crippen LogP contribution in [0.3, 0.4) is 0 Å². The summed E-state index contributed by atoms with van der Waals surface area (Å²) in [5.74, 6) is 1.67. The predicted molar refractivity (Wildman–Crippen MR) is 57.6 cm³/mol. The highest BCUT2D eigenvalue weighted by molar-refractivity contribution is 5.26. The number of allylic oxidation sites excluding steroid dienone is 4. The first kappa shape index (κ1) is 9.05. The van der Waals surface area contributed by atoms with Gasteiger partial charge in [0, 0.05) is 0 Å². The molecule has 1 saturated carbocycles. The zero-order valence-electron chi connectivity index (χ0n) is 8.63. The Balaban J connectivity index is 1.96. The van der Waals surface area contributed by atoms with E-state index in [4.69, 9.17) is 0 Å². The summed E-state index contributed by atoms with van der Waals surface area (Å²) < 4.78 is 0. The van der Waals surface area contributed by atoms with Crippen molar-refractivity contribution in [2.75, 3.05) is 0 Å². The van der Waals surface area contributed by atoms with Crippen molar-refractivity contribution in [2.45, 2.75) is 45.4 Å². The topological polar surface area (TPSA) is 0 Å². The van der Waals surface area contributed by atoms with Gasteiger partial charge in [-0.2, -0.15) is 0 Å². The van der Waals surface area contributed by atoms with Crippen molar-refractivity contribution in [1.29, 1.82) is 0 Å². The molecule has 0 spiro atoms. The van der Waals surface area contributed by atoms with E-state index in [1.54, 1.807) is 5.57 Å². The fraction of sp³-hybridized carbons (Fsp3) is 0.692. The standard InChI is InChI=1S/C13H20/c1-11-7-9-13(10-8-11)12-5-3-2-4-6-12/h7,9-12H,2-6,8H2,1H3. The van der Waals surface area contributed by atoms with Gasteiger partial charge in [-0.1, -0.05) is 44.4 Å². The van der Waals surface area contributed by atoms with E-state index in [9.17, 15) is 0 Å². The van der Waals surface area contributed by atoms with Gasteiger partial charge in [0.05, 0.1) is 0 Å². The summed E-state index contributed by atoms with van der Waals surface area (Å²) in [7, 11) is 0. The van der Waals surface area contributed by atoms with E-state index in [-0.39, 0.29) is 0 Å². The van der Waals surface area contributed by atoms with Gasteiger partial charge in [-0.15, -0.1) is 0 Å². The molecule has 0 aliphatic heterocycles. The van der Waals surface area contributed by atoms with Crippen molar-refractivity contribution in [3.05, 3.63) is 23.8 Å². The van der Waals surface area contributed by atoms with Crippen molar-refractivity contribution in [3.63, 3.8) is 0 Å². The SMILES string of the molecule is CC1C=CC(C2CCCCC2)=CC1. The van der Waals surface area contributed by atoms with E-state index in [0.29, 0.717) is 0 Å². The fourth-order valence-electron chi connectivity index (χ4n) is 2.48. The van der Waals surface area contributed by atoms with Crippen molar-refractivity contribution in [2.24, 2.45) is 11.8 Å².